The van der Waals surface area contributed by atoms with Gasteiger partial charge in [-0.15, -0.1) is 0 Å². The van der Waals surface area contributed by atoms with E-state index in [0.717, 1.165) is 0 Å². The smallest absolute Gasteiger partial charge is 0.382 e. The summed E-state index contributed by atoms with van der Waals surface area (Å²) in [6.45, 7) is -0.847. The van der Waals surface area contributed by atoms with Crippen molar-refractivity contribution in [3.63, 3.8) is 0 Å². The van der Waals surface area contributed by atoms with E-state index < -0.39 is 37.6 Å². The summed E-state index contributed by atoms with van der Waals surface area (Å²) < 4.78 is 61.1. The Labute approximate surface area is 83.7 Å². The number of hydrogen-bond donors (Lipinski definition) is 1. The fourth-order valence-electron chi connectivity index (χ4n) is 1.41. The van der Waals surface area contributed by atoms with Crippen molar-refractivity contribution in [2.45, 2.75) is 31.0 Å². The molecule has 1 N–H and O–H groups in total. The largest absolute Gasteiger partial charge is 0.415 e. The van der Waals surface area contributed by atoms with E-state index in [1.165, 1.54) is 4.90 Å². The molecule has 0 radical (unpaired) electrons. The number of halogens is 5. The van der Waals surface area contributed by atoms with Gasteiger partial charge in [0.05, 0.1) is 0 Å². The summed E-state index contributed by atoms with van der Waals surface area (Å²) in [6, 6.07) is 0. The van der Waals surface area contributed by atoms with Gasteiger partial charge in [0.25, 0.3) is 5.92 Å². The number of β-amino-alcohol motifs (C(OH)–C–C–N with tert-alkyl or cyclic N) is 1. The summed E-state index contributed by atoms with van der Waals surface area (Å²) in [5, 5.41) is 8.71. The Balaban J connectivity index is 2.36. The molecular weight excluding hydrogens is 221 g/mol. The van der Waals surface area contributed by atoms with E-state index >= 15 is 0 Å². The minimum Gasteiger partial charge on any atom is -0.382 e. The highest BCUT2D eigenvalue weighted by molar-refractivity contribution is 4.80. The van der Waals surface area contributed by atoms with Crippen LogP contribution in [0.2, 0.25) is 0 Å². The molecule has 90 valence electrons. The molecule has 1 fully saturated rings. The molecule has 1 unspecified atom stereocenters. The lowest BCUT2D eigenvalue weighted by molar-refractivity contribution is -0.210. The third kappa shape index (κ3) is 3.90. The number of hydrogen-bond acceptors (Lipinski definition) is 2. The monoisotopic (exact) mass is 233 g/mol. The van der Waals surface area contributed by atoms with Crippen molar-refractivity contribution in [3.05, 3.63) is 0 Å². The summed E-state index contributed by atoms with van der Waals surface area (Å²) >= 11 is 0. The topological polar surface area (TPSA) is 23.5 Å². The molecule has 1 saturated heterocycles. The van der Waals surface area contributed by atoms with Crippen LogP contribution >= 0.6 is 0 Å². The normalized spacial score (nSPS) is 25.2. The van der Waals surface area contributed by atoms with Crippen molar-refractivity contribution in [1.29, 1.82) is 0 Å². The quantitative estimate of drug-likeness (QED) is 0.733. The number of aliphatic hydroxyl groups excluding tert-OH is 1. The van der Waals surface area contributed by atoms with Crippen molar-refractivity contribution in [2.24, 2.45) is 0 Å². The predicted molar refractivity (Wildman–Crippen MR) is 42.7 cm³/mol. The zero-order chi connectivity index (χ0) is 11.7. The van der Waals surface area contributed by atoms with Gasteiger partial charge >= 0.3 is 6.18 Å². The fourth-order valence-corrected chi connectivity index (χ4v) is 1.41. The Morgan fingerprint density at radius 1 is 1.20 bits per heavy atom. The zero-order valence-corrected chi connectivity index (χ0v) is 7.90. The third-order valence-electron chi connectivity index (χ3n) is 2.40. The Morgan fingerprint density at radius 2 is 1.67 bits per heavy atom. The standard InChI is InChI=1S/C8H12F5NO/c9-7(10)1-3-14(4-2-7)5-6(15)8(11,12)13/h6,15H,1-5H2. The summed E-state index contributed by atoms with van der Waals surface area (Å²) in [5.41, 5.74) is 0. The molecule has 0 amide bonds. The molecule has 1 rings (SSSR count). The van der Waals surface area contributed by atoms with Gasteiger partial charge in [0.1, 0.15) is 0 Å². The Morgan fingerprint density at radius 3 is 2.07 bits per heavy atom. The van der Waals surface area contributed by atoms with Crippen LogP contribution in [0.1, 0.15) is 12.8 Å². The van der Waals surface area contributed by atoms with Crippen LogP contribution in [0.4, 0.5) is 22.0 Å². The molecule has 0 spiro atoms. The molecule has 1 heterocycles. The molecule has 0 aromatic carbocycles. The van der Waals surface area contributed by atoms with Crippen molar-refractivity contribution in [2.75, 3.05) is 19.6 Å². The van der Waals surface area contributed by atoms with E-state index in [9.17, 15) is 22.0 Å². The number of aliphatic hydroxyl groups is 1. The van der Waals surface area contributed by atoms with Gasteiger partial charge in [-0.3, -0.25) is 4.90 Å². The van der Waals surface area contributed by atoms with Gasteiger partial charge in [0.2, 0.25) is 0 Å². The molecule has 2 nitrogen and oxygen atoms in total. The highest BCUT2D eigenvalue weighted by Crippen LogP contribution is 2.28. The lowest BCUT2D eigenvalue weighted by Crippen LogP contribution is -2.46. The minimum absolute atomic E-state index is 0.111. The second-order valence-corrected chi connectivity index (χ2v) is 3.71. The first-order chi connectivity index (χ1) is 6.71. The molecule has 1 aliphatic rings. The maximum absolute atomic E-state index is 12.6. The summed E-state index contributed by atoms with van der Waals surface area (Å²) in [6.07, 6.45) is -8.03. The average molecular weight is 233 g/mol. The van der Waals surface area contributed by atoms with Gasteiger partial charge in [-0.25, -0.2) is 8.78 Å². The first-order valence-corrected chi connectivity index (χ1v) is 4.56. The van der Waals surface area contributed by atoms with Crippen LogP contribution in [0.15, 0.2) is 0 Å². The van der Waals surface area contributed by atoms with Gasteiger partial charge in [0.15, 0.2) is 6.10 Å². The summed E-state index contributed by atoms with van der Waals surface area (Å²) in [7, 11) is 0. The van der Waals surface area contributed by atoms with E-state index in [4.69, 9.17) is 5.11 Å². The number of piperidine rings is 1. The summed E-state index contributed by atoms with van der Waals surface area (Å²) in [4.78, 5) is 1.20. The van der Waals surface area contributed by atoms with Crippen LogP contribution in [0.5, 0.6) is 0 Å². The lowest BCUT2D eigenvalue weighted by atomic mass is 10.1. The number of alkyl halides is 5. The van der Waals surface area contributed by atoms with E-state index in [-0.39, 0.29) is 13.1 Å². The first kappa shape index (κ1) is 12.6. The van der Waals surface area contributed by atoms with Gasteiger partial charge in [0, 0.05) is 32.5 Å². The highest BCUT2D eigenvalue weighted by Gasteiger charge is 2.41. The Bertz CT molecular complexity index is 208. The second-order valence-electron chi connectivity index (χ2n) is 3.71. The van der Waals surface area contributed by atoms with Gasteiger partial charge in [-0.05, 0) is 0 Å². The Kier molecular flexibility index (Phi) is 3.55. The molecule has 0 bridgehead atoms. The molecule has 0 aromatic heterocycles. The van der Waals surface area contributed by atoms with Crippen LogP contribution in [0.25, 0.3) is 0 Å². The van der Waals surface area contributed by atoms with Crippen molar-refractivity contribution < 1.29 is 27.1 Å². The van der Waals surface area contributed by atoms with Gasteiger partial charge in [-0.2, -0.15) is 13.2 Å². The van der Waals surface area contributed by atoms with Crippen molar-refractivity contribution >= 4 is 0 Å². The highest BCUT2D eigenvalue weighted by atomic mass is 19.4. The number of nitrogens with zero attached hydrogens (tertiary/aromatic N) is 1. The van der Waals surface area contributed by atoms with Crippen LogP contribution in [-0.2, 0) is 0 Å². The molecule has 0 aliphatic carbocycles. The van der Waals surface area contributed by atoms with E-state index in [1.807, 2.05) is 0 Å². The molecule has 7 heteroatoms. The number of likely N-dealkylation sites (tertiary alicyclic amines) is 1. The minimum atomic E-state index is -4.68. The molecular formula is C8H12F5NO. The summed E-state index contributed by atoms with van der Waals surface area (Å²) in [5.74, 6) is -2.78. The van der Waals surface area contributed by atoms with E-state index in [2.05, 4.69) is 0 Å². The van der Waals surface area contributed by atoms with Crippen LogP contribution < -0.4 is 0 Å². The van der Waals surface area contributed by atoms with Gasteiger partial charge < -0.3 is 5.11 Å². The molecule has 1 aliphatic heterocycles. The van der Waals surface area contributed by atoms with Crippen LogP contribution in [0.3, 0.4) is 0 Å². The van der Waals surface area contributed by atoms with Crippen molar-refractivity contribution in [3.8, 4) is 0 Å². The zero-order valence-electron chi connectivity index (χ0n) is 7.90. The van der Waals surface area contributed by atoms with E-state index in [0.29, 0.717) is 0 Å². The van der Waals surface area contributed by atoms with Crippen LogP contribution in [0, 0.1) is 0 Å². The third-order valence-corrected chi connectivity index (χ3v) is 2.40. The molecule has 15 heavy (non-hydrogen) atoms. The fraction of sp³-hybridized carbons (Fsp3) is 1.00. The average Bonchev–Trinajstić information content (AvgIpc) is 2.07. The molecule has 0 aromatic rings. The molecule has 1 atom stereocenters. The van der Waals surface area contributed by atoms with Crippen LogP contribution in [-0.4, -0.2) is 47.8 Å². The first-order valence-electron chi connectivity index (χ1n) is 4.56. The second kappa shape index (κ2) is 4.21. The lowest BCUT2D eigenvalue weighted by Gasteiger charge is -2.33. The molecule has 0 saturated carbocycles. The van der Waals surface area contributed by atoms with Crippen molar-refractivity contribution in [1.82, 2.24) is 4.90 Å². The van der Waals surface area contributed by atoms with Gasteiger partial charge in [-0.1, -0.05) is 0 Å². The predicted octanol–water partition coefficient (Wildman–Crippen LogP) is 1.64. The number of rotatable bonds is 2. The Hall–Kier alpha value is -0.430. The SMILES string of the molecule is OC(CN1CCC(F)(F)CC1)C(F)(F)F. The maximum Gasteiger partial charge on any atom is 0.415 e. The van der Waals surface area contributed by atoms with E-state index in [1.54, 1.807) is 0 Å². The maximum atomic E-state index is 12.6.